The van der Waals surface area contributed by atoms with Crippen molar-refractivity contribution in [3.63, 3.8) is 0 Å². The molecule has 2 fully saturated rings. The lowest BCUT2D eigenvalue weighted by atomic mass is 9.93. The summed E-state index contributed by atoms with van der Waals surface area (Å²) in [5, 5.41) is 13.1. The SMILES string of the molecule is COc1ccc(F)c(N2Cc3cnc(NC4CCC(O)CC4)nc3N(C3CCCC3)C2=O)c1F. The standard InChI is InChI=1S/C24H29F2N5O3/c1-34-19-11-10-18(25)21(20(19)26)30-13-14-12-27-23(28-15-6-8-17(32)9-7-15)29-22(14)31(24(30)33)16-4-2-3-5-16/h10-12,15-17,32H,2-9,13H2,1H3,(H,27,28,29). The number of halogens is 2. The summed E-state index contributed by atoms with van der Waals surface area (Å²) in [6, 6.07) is 1.85. The molecule has 2 heterocycles. The number of hydrogen-bond acceptors (Lipinski definition) is 6. The molecule has 0 saturated heterocycles. The average molecular weight is 474 g/mol. The average Bonchev–Trinajstić information content (AvgIpc) is 3.35. The normalized spacial score (nSPS) is 23.2. The van der Waals surface area contributed by atoms with Crippen LogP contribution in [-0.4, -0.2) is 46.4 Å². The number of fused-ring (bicyclic) bond motifs is 1. The van der Waals surface area contributed by atoms with Gasteiger partial charge in [0.05, 0.1) is 19.8 Å². The minimum atomic E-state index is -0.913. The maximum absolute atomic E-state index is 15.1. The number of aliphatic hydroxyl groups is 1. The van der Waals surface area contributed by atoms with Crippen LogP contribution in [-0.2, 0) is 6.54 Å². The van der Waals surface area contributed by atoms with Crippen molar-refractivity contribution in [2.45, 2.75) is 76.1 Å². The molecule has 1 aromatic heterocycles. The molecule has 182 valence electrons. The van der Waals surface area contributed by atoms with Gasteiger partial charge in [-0.25, -0.2) is 18.6 Å². The molecule has 1 aromatic carbocycles. The van der Waals surface area contributed by atoms with E-state index in [0.717, 1.165) is 62.3 Å². The van der Waals surface area contributed by atoms with Gasteiger partial charge in [0.2, 0.25) is 5.95 Å². The quantitative estimate of drug-likeness (QED) is 0.670. The lowest BCUT2D eigenvalue weighted by Gasteiger charge is -2.39. The van der Waals surface area contributed by atoms with Crippen LogP contribution in [0.15, 0.2) is 18.3 Å². The molecular weight excluding hydrogens is 444 g/mol. The Kier molecular flexibility index (Phi) is 6.24. The summed E-state index contributed by atoms with van der Waals surface area (Å²) >= 11 is 0. The van der Waals surface area contributed by atoms with Gasteiger partial charge in [0.15, 0.2) is 11.6 Å². The van der Waals surface area contributed by atoms with E-state index in [0.29, 0.717) is 17.3 Å². The largest absolute Gasteiger partial charge is 0.494 e. The van der Waals surface area contributed by atoms with Crippen LogP contribution in [0.1, 0.15) is 56.9 Å². The van der Waals surface area contributed by atoms with Crippen LogP contribution in [0, 0.1) is 11.6 Å². The Hall–Kier alpha value is -3.01. The number of nitrogens with one attached hydrogen (secondary N) is 1. The maximum atomic E-state index is 15.1. The highest BCUT2D eigenvalue weighted by atomic mass is 19.1. The van der Waals surface area contributed by atoms with Crippen LogP contribution in [0.5, 0.6) is 5.75 Å². The van der Waals surface area contributed by atoms with Gasteiger partial charge in [-0.05, 0) is 50.7 Å². The van der Waals surface area contributed by atoms with E-state index in [1.807, 2.05) is 0 Å². The number of aliphatic hydroxyl groups excluding tert-OH is 1. The number of rotatable bonds is 5. The van der Waals surface area contributed by atoms with Crippen LogP contribution >= 0.6 is 0 Å². The Morgan fingerprint density at radius 3 is 2.56 bits per heavy atom. The summed E-state index contributed by atoms with van der Waals surface area (Å²) in [6.45, 7) is -0.0473. The van der Waals surface area contributed by atoms with E-state index in [1.165, 1.54) is 13.2 Å². The summed E-state index contributed by atoms with van der Waals surface area (Å²) in [4.78, 5) is 25.5. The Labute approximate surface area is 196 Å². The maximum Gasteiger partial charge on any atom is 0.330 e. The third kappa shape index (κ3) is 4.15. The first kappa shape index (κ1) is 22.8. The molecule has 0 radical (unpaired) electrons. The number of anilines is 3. The number of ether oxygens (including phenoxy) is 1. The number of carbonyl (C=O) groups is 1. The monoisotopic (exact) mass is 473 g/mol. The fourth-order valence-corrected chi connectivity index (χ4v) is 5.24. The number of amides is 2. The van der Waals surface area contributed by atoms with Gasteiger partial charge < -0.3 is 15.2 Å². The summed E-state index contributed by atoms with van der Waals surface area (Å²) in [5.41, 5.74) is 0.193. The molecule has 2 aromatic rings. The molecule has 2 N–H and O–H groups in total. The second kappa shape index (κ2) is 9.32. The zero-order valence-electron chi connectivity index (χ0n) is 19.1. The molecule has 0 unspecified atom stereocenters. The Bertz CT molecular complexity index is 1070. The fourth-order valence-electron chi connectivity index (χ4n) is 5.24. The summed E-state index contributed by atoms with van der Waals surface area (Å²) in [6.07, 6.45) is 8.00. The number of urea groups is 1. The van der Waals surface area contributed by atoms with Crippen molar-refractivity contribution < 1.29 is 23.4 Å². The third-order valence-corrected chi connectivity index (χ3v) is 7.08. The molecule has 5 rings (SSSR count). The van der Waals surface area contributed by atoms with Gasteiger partial charge in [0.25, 0.3) is 0 Å². The van der Waals surface area contributed by atoms with Crippen LogP contribution in [0.25, 0.3) is 0 Å². The Morgan fingerprint density at radius 1 is 1.12 bits per heavy atom. The molecule has 2 saturated carbocycles. The van der Waals surface area contributed by atoms with Crippen molar-refractivity contribution in [2.24, 2.45) is 0 Å². The van der Waals surface area contributed by atoms with Gasteiger partial charge in [0.1, 0.15) is 17.3 Å². The molecule has 1 aliphatic heterocycles. The molecule has 34 heavy (non-hydrogen) atoms. The highest BCUT2D eigenvalue weighted by Gasteiger charge is 2.40. The summed E-state index contributed by atoms with van der Waals surface area (Å²) in [7, 11) is 1.30. The van der Waals surface area contributed by atoms with Crippen molar-refractivity contribution in [1.29, 1.82) is 0 Å². The van der Waals surface area contributed by atoms with Crippen molar-refractivity contribution in [2.75, 3.05) is 22.2 Å². The van der Waals surface area contributed by atoms with Crippen molar-refractivity contribution >= 4 is 23.5 Å². The number of hydrogen-bond donors (Lipinski definition) is 2. The molecule has 10 heteroatoms. The zero-order chi connectivity index (χ0) is 23.8. The second-order valence-corrected chi connectivity index (χ2v) is 9.28. The summed E-state index contributed by atoms with van der Waals surface area (Å²) in [5.74, 6) is -0.964. The van der Waals surface area contributed by atoms with Crippen molar-refractivity contribution in [3.8, 4) is 5.75 Å². The van der Waals surface area contributed by atoms with Crippen LogP contribution in [0.2, 0.25) is 0 Å². The van der Waals surface area contributed by atoms with Gasteiger partial charge >= 0.3 is 6.03 Å². The third-order valence-electron chi connectivity index (χ3n) is 7.08. The van der Waals surface area contributed by atoms with E-state index >= 15 is 4.39 Å². The first-order chi connectivity index (χ1) is 16.5. The first-order valence-electron chi connectivity index (χ1n) is 11.9. The molecule has 3 aliphatic rings. The fraction of sp³-hybridized carbons (Fsp3) is 0.542. The minimum Gasteiger partial charge on any atom is -0.494 e. The highest BCUT2D eigenvalue weighted by Crippen LogP contribution is 2.39. The number of methoxy groups -OCH3 is 1. The first-order valence-corrected chi connectivity index (χ1v) is 11.9. The van der Waals surface area contributed by atoms with Crippen LogP contribution in [0.4, 0.5) is 31.0 Å². The lowest BCUT2D eigenvalue weighted by Crippen LogP contribution is -2.52. The van der Waals surface area contributed by atoms with Crippen molar-refractivity contribution in [3.05, 3.63) is 35.5 Å². The number of carbonyl (C=O) groups excluding carboxylic acids is 1. The van der Waals surface area contributed by atoms with Crippen LogP contribution < -0.4 is 19.9 Å². The predicted octanol–water partition coefficient (Wildman–Crippen LogP) is 4.37. The Balaban J connectivity index is 1.50. The van der Waals surface area contributed by atoms with Gasteiger partial charge in [-0.1, -0.05) is 12.8 Å². The van der Waals surface area contributed by atoms with Gasteiger partial charge in [-0.2, -0.15) is 4.98 Å². The number of aromatic nitrogens is 2. The molecule has 0 spiro atoms. The molecule has 8 nitrogen and oxygen atoms in total. The molecule has 2 amide bonds. The molecule has 0 atom stereocenters. The van der Waals surface area contributed by atoms with E-state index in [4.69, 9.17) is 9.72 Å². The van der Waals surface area contributed by atoms with Gasteiger partial charge in [0, 0.05) is 23.8 Å². The van der Waals surface area contributed by atoms with Crippen molar-refractivity contribution in [1.82, 2.24) is 9.97 Å². The molecule has 2 aliphatic carbocycles. The minimum absolute atomic E-state index is 0.0473. The summed E-state index contributed by atoms with van der Waals surface area (Å²) < 4.78 is 34.9. The van der Waals surface area contributed by atoms with E-state index in [9.17, 15) is 14.3 Å². The topological polar surface area (TPSA) is 90.8 Å². The van der Waals surface area contributed by atoms with E-state index in [-0.39, 0.29) is 30.5 Å². The predicted molar refractivity (Wildman–Crippen MR) is 123 cm³/mol. The smallest absolute Gasteiger partial charge is 0.330 e. The van der Waals surface area contributed by atoms with E-state index in [2.05, 4.69) is 10.3 Å². The lowest BCUT2D eigenvalue weighted by molar-refractivity contribution is 0.126. The molecule has 0 bridgehead atoms. The number of nitrogens with zero attached hydrogens (tertiary/aromatic N) is 4. The van der Waals surface area contributed by atoms with E-state index in [1.54, 1.807) is 11.1 Å². The van der Waals surface area contributed by atoms with E-state index < -0.39 is 23.4 Å². The zero-order valence-corrected chi connectivity index (χ0v) is 19.1. The molecular formula is C24H29F2N5O3. The van der Waals surface area contributed by atoms with Crippen LogP contribution in [0.3, 0.4) is 0 Å². The second-order valence-electron chi connectivity index (χ2n) is 9.28. The highest BCUT2D eigenvalue weighted by molar-refractivity contribution is 6.06. The number of benzene rings is 1. The van der Waals surface area contributed by atoms with Gasteiger partial charge in [-0.15, -0.1) is 0 Å². The van der Waals surface area contributed by atoms with Gasteiger partial charge in [-0.3, -0.25) is 9.80 Å². The Morgan fingerprint density at radius 2 is 1.85 bits per heavy atom.